The minimum atomic E-state index is -0.938. The van der Waals surface area contributed by atoms with Crippen LogP contribution in [0, 0.1) is 24.0 Å². The zero-order valence-electron chi connectivity index (χ0n) is 36.5. The van der Waals surface area contributed by atoms with Crippen LogP contribution in [0.5, 0.6) is 11.8 Å². The molecule has 5 heterocycles. The first-order chi connectivity index (χ1) is 30.3. The zero-order chi connectivity index (χ0) is 43.3. The molecule has 3 saturated heterocycles. The number of pyridine rings is 1. The fourth-order valence-electron chi connectivity index (χ4n) is 9.63. The van der Waals surface area contributed by atoms with Crippen LogP contribution in [0.15, 0.2) is 30.5 Å². The average Bonchev–Trinajstić information content (AvgIpc) is 3.65. The number of carbonyl (C=O) groups is 1. The van der Waals surface area contributed by atoms with Crippen molar-refractivity contribution in [2.24, 2.45) is 0 Å². The number of hydrogen-bond acceptors (Lipinski definition) is 9. The van der Waals surface area contributed by atoms with Crippen LogP contribution in [0.1, 0.15) is 141 Å². The van der Waals surface area contributed by atoms with Crippen molar-refractivity contribution in [3.8, 4) is 35.4 Å². The molecule has 3 aliphatic heterocycles. The average molecular weight is 856 g/mol. The Labute approximate surface area is 365 Å². The van der Waals surface area contributed by atoms with Crippen molar-refractivity contribution in [2.45, 2.75) is 147 Å². The highest BCUT2D eigenvalue weighted by atomic mass is 19.1. The Morgan fingerprint density at radius 3 is 2.44 bits per heavy atom. The lowest BCUT2D eigenvalue weighted by molar-refractivity contribution is 0.107. The highest BCUT2D eigenvalue weighted by Gasteiger charge is 2.49. The Bertz CT molecular complexity index is 2180. The van der Waals surface area contributed by atoms with Crippen molar-refractivity contribution < 1.29 is 27.4 Å². The largest absolute Gasteiger partial charge is 0.461 e. The van der Waals surface area contributed by atoms with E-state index in [1.807, 2.05) is 5.01 Å². The second-order valence-electron chi connectivity index (χ2n) is 17.5. The van der Waals surface area contributed by atoms with Gasteiger partial charge in [-0.15, -0.1) is 6.42 Å². The number of unbranched alkanes of at least 4 members (excludes halogenated alkanes) is 13. The molecule has 2 atom stereocenters. The standard InChI is InChI=1S/C49H64F3N7O3/c1-3-5-6-7-8-9-10-11-12-13-14-15-16-18-25-53-48(60)62-37-29-35-22-23-41(51)38(4-2)42(35)39(30-37)44-43(52)45-40(32-54-44)46(59-28-20-17-19-26-55-59)57-47(56-45)61-34-49-24-21-27-58(49)33-36(50)31-49/h2,22-23,29-30,32,36,55H,3,5-21,24-28,31,33-34H2,1H3,(H,53,60)/t36-,49+/m1/s1. The van der Waals surface area contributed by atoms with Gasteiger partial charge in [0.15, 0.2) is 11.6 Å². The second kappa shape index (κ2) is 22.1. The lowest BCUT2D eigenvalue weighted by Crippen LogP contribution is -2.43. The van der Waals surface area contributed by atoms with E-state index in [1.54, 1.807) is 6.07 Å². The zero-order valence-corrected chi connectivity index (χ0v) is 36.5. The number of nitrogens with one attached hydrogen (secondary N) is 2. The topological polar surface area (TPSA) is 105 Å². The molecule has 2 aromatic carbocycles. The molecule has 0 bridgehead atoms. The van der Waals surface area contributed by atoms with E-state index >= 15 is 8.78 Å². The lowest BCUT2D eigenvalue weighted by atomic mass is 9.95. The van der Waals surface area contributed by atoms with E-state index in [9.17, 15) is 9.18 Å². The molecule has 334 valence electrons. The summed E-state index contributed by atoms with van der Waals surface area (Å²) in [5, 5.41) is 5.75. The van der Waals surface area contributed by atoms with Crippen LogP contribution in [0.3, 0.4) is 0 Å². The molecule has 1 amide bonds. The first-order valence-electron chi connectivity index (χ1n) is 23.4. The number of anilines is 1. The fourth-order valence-corrected chi connectivity index (χ4v) is 9.63. The lowest BCUT2D eigenvalue weighted by Gasteiger charge is -2.31. The summed E-state index contributed by atoms with van der Waals surface area (Å²) >= 11 is 0. The third-order valence-electron chi connectivity index (χ3n) is 12.9. The summed E-state index contributed by atoms with van der Waals surface area (Å²) in [6.07, 6.45) is 28.1. The van der Waals surface area contributed by atoms with E-state index in [0.29, 0.717) is 49.2 Å². The number of fused-ring (bicyclic) bond motifs is 3. The number of nitrogens with zero attached hydrogens (tertiary/aromatic N) is 5. The van der Waals surface area contributed by atoms with Crippen molar-refractivity contribution in [1.82, 2.24) is 30.6 Å². The predicted octanol–water partition coefficient (Wildman–Crippen LogP) is 11.1. The number of ether oxygens (including phenoxy) is 2. The maximum absolute atomic E-state index is 17.3. The van der Waals surface area contributed by atoms with E-state index in [0.717, 1.165) is 57.9 Å². The van der Waals surface area contributed by atoms with E-state index in [4.69, 9.17) is 20.9 Å². The second-order valence-corrected chi connectivity index (χ2v) is 17.5. The summed E-state index contributed by atoms with van der Waals surface area (Å²) in [7, 11) is 0. The number of halogens is 3. The molecule has 7 rings (SSSR count). The first kappa shape index (κ1) is 45.4. The van der Waals surface area contributed by atoms with E-state index in [1.165, 1.54) is 95.0 Å². The summed E-state index contributed by atoms with van der Waals surface area (Å²) < 4.78 is 59.3. The Morgan fingerprint density at radius 2 is 1.69 bits per heavy atom. The third kappa shape index (κ3) is 11.1. The van der Waals surface area contributed by atoms with Crippen molar-refractivity contribution in [1.29, 1.82) is 0 Å². The molecule has 62 heavy (non-hydrogen) atoms. The van der Waals surface area contributed by atoms with E-state index < -0.39 is 29.4 Å². The Kier molecular flexibility index (Phi) is 16.2. The SMILES string of the molecule is C#Cc1c(F)ccc2cc(OC(=O)NCCCCCCCCCCCCCCCC)cc(-c3ncc4c(N5CCCCCN5)nc(OC[C@@]56CCCN5C[C@H](F)C6)nc4c3F)c12. The van der Waals surface area contributed by atoms with Gasteiger partial charge < -0.3 is 14.8 Å². The van der Waals surface area contributed by atoms with Gasteiger partial charge in [0.1, 0.15) is 35.6 Å². The van der Waals surface area contributed by atoms with Crippen molar-refractivity contribution in [3.05, 3.63) is 47.7 Å². The number of carbonyl (C=O) groups excluding carboxylic acids is 1. The van der Waals surface area contributed by atoms with Gasteiger partial charge in [0.2, 0.25) is 0 Å². The number of aromatic nitrogens is 3. The number of amides is 1. The summed E-state index contributed by atoms with van der Waals surface area (Å²) in [5.41, 5.74) is 2.79. The number of alkyl halides is 1. The number of rotatable bonds is 21. The Hall–Kier alpha value is -4.67. The van der Waals surface area contributed by atoms with Crippen LogP contribution in [0.25, 0.3) is 32.9 Å². The Balaban J connectivity index is 1.07. The van der Waals surface area contributed by atoms with Gasteiger partial charge in [-0.3, -0.25) is 14.9 Å². The van der Waals surface area contributed by atoms with Gasteiger partial charge in [-0.05, 0) is 62.2 Å². The van der Waals surface area contributed by atoms with E-state index in [2.05, 4.69) is 38.5 Å². The van der Waals surface area contributed by atoms with Crippen LogP contribution in [0.4, 0.5) is 23.8 Å². The number of terminal acetylenes is 1. The van der Waals surface area contributed by atoms with Gasteiger partial charge in [0.05, 0.1) is 16.5 Å². The molecule has 0 aliphatic carbocycles. The number of benzene rings is 2. The van der Waals surface area contributed by atoms with Gasteiger partial charge in [0, 0.05) is 49.7 Å². The maximum atomic E-state index is 17.3. The van der Waals surface area contributed by atoms with E-state index in [-0.39, 0.29) is 46.1 Å². The van der Waals surface area contributed by atoms with Gasteiger partial charge in [0.25, 0.3) is 0 Å². The maximum Gasteiger partial charge on any atom is 0.412 e. The molecular formula is C49H64F3N7O3. The molecule has 13 heteroatoms. The van der Waals surface area contributed by atoms with Crippen LogP contribution in [-0.4, -0.2) is 77.0 Å². The van der Waals surface area contributed by atoms with Gasteiger partial charge in [-0.1, -0.05) is 109 Å². The quantitative estimate of drug-likeness (QED) is 0.0626. The minimum Gasteiger partial charge on any atom is -0.461 e. The van der Waals surface area contributed by atoms with Crippen LogP contribution in [0.2, 0.25) is 0 Å². The van der Waals surface area contributed by atoms with Crippen LogP contribution < -0.4 is 25.2 Å². The third-order valence-corrected chi connectivity index (χ3v) is 12.9. The number of hydrazine groups is 1. The van der Waals surface area contributed by atoms with Gasteiger partial charge in [-0.25, -0.2) is 23.4 Å². The predicted molar refractivity (Wildman–Crippen MR) is 240 cm³/mol. The highest BCUT2D eigenvalue weighted by molar-refractivity contribution is 6.03. The summed E-state index contributed by atoms with van der Waals surface area (Å²) in [4.78, 5) is 29.2. The van der Waals surface area contributed by atoms with Crippen LogP contribution in [-0.2, 0) is 0 Å². The van der Waals surface area contributed by atoms with Crippen LogP contribution >= 0.6 is 0 Å². The summed E-state index contributed by atoms with van der Waals surface area (Å²) in [5.74, 6) is 1.50. The molecule has 10 nitrogen and oxygen atoms in total. The molecule has 0 saturated carbocycles. The van der Waals surface area contributed by atoms with Crippen molar-refractivity contribution >= 4 is 33.6 Å². The summed E-state index contributed by atoms with van der Waals surface area (Å²) in [6.45, 7) is 5.37. The fraction of sp³-hybridized carbons (Fsp3) is 0.592. The Morgan fingerprint density at radius 1 is 0.952 bits per heavy atom. The van der Waals surface area contributed by atoms with Crippen molar-refractivity contribution in [2.75, 3.05) is 44.3 Å². The molecule has 3 fully saturated rings. The highest BCUT2D eigenvalue weighted by Crippen LogP contribution is 2.42. The number of hydrogen-bond donors (Lipinski definition) is 2. The summed E-state index contributed by atoms with van der Waals surface area (Å²) in [6, 6.07) is 5.76. The molecule has 0 unspecified atom stereocenters. The molecule has 4 aromatic rings. The monoisotopic (exact) mass is 856 g/mol. The molecule has 2 aromatic heterocycles. The van der Waals surface area contributed by atoms with Gasteiger partial charge in [-0.2, -0.15) is 9.97 Å². The van der Waals surface area contributed by atoms with Crippen molar-refractivity contribution in [3.63, 3.8) is 0 Å². The van der Waals surface area contributed by atoms with Gasteiger partial charge >= 0.3 is 12.1 Å². The smallest absolute Gasteiger partial charge is 0.412 e. The molecule has 3 aliphatic rings. The molecule has 0 radical (unpaired) electrons. The molecular weight excluding hydrogens is 792 g/mol. The molecule has 2 N–H and O–H groups in total. The normalized spacial score (nSPS) is 19.1. The molecule has 0 spiro atoms. The first-order valence-corrected chi connectivity index (χ1v) is 23.4. The minimum absolute atomic E-state index is 0.0362.